The number of carbonyl (C=O) groups excluding carboxylic acids is 2. The summed E-state index contributed by atoms with van der Waals surface area (Å²) >= 11 is 0. The van der Waals surface area contributed by atoms with Crippen LogP contribution in [0.3, 0.4) is 0 Å². The Morgan fingerprint density at radius 2 is 2.15 bits per heavy atom. The van der Waals surface area contributed by atoms with Crippen LogP contribution in [0.4, 0.5) is 4.79 Å². The molecule has 0 spiro atoms. The van der Waals surface area contributed by atoms with Crippen LogP contribution >= 0.6 is 0 Å². The van der Waals surface area contributed by atoms with Gasteiger partial charge in [-0.05, 0) is 25.9 Å². The molecule has 2 amide bonds. The summed E-state index contributed by atoms with van der Waals surface area (Å²) in [5.74, 6) is 0. The van der Waals surface area contributed by atoms with Gasteiger partial charge >= 0.3 is 6.03 Å². The molecule has 1 heterocycles. The molecule has 1 fully saturated rings. The number of carbonyl (C=O) groups is 2. The van der Waals surface area contributed by atoms with Crippen molar-refractivity contribution in [3.8, 4) is 0 Å². The van der Waals surface area contributed by atoms with Crippen molar-refractivity contribution in [2.24, 2.45) is 0 Å². The molecule has 1 aliphatic rings. The van der Waals surface area contributed by atoms with Crippen LogP contribution in [-0.2, 0) is 4.79 Å². The first-order valence-corrected chi connectivity index (χ1v) is 4.51. The average Bonchev–Trinajstić information content (AvgIpc) is 2.16. The van der Waals surface area contributed by atoms with E-state index in [9.17, 15) is 9.59 Å². The molecule has 0 aromatic rings. The molecule has 1 aliphatic heterocycles. The maximum absolute atomic E-state index is 11.1. The van der Waals surface area contributed by atoms with Gasteiger partial charge in [-0.3, -0.25) is 0 Å². The van der Waals surface area contributed by atoms with E-state index in [4.69, 9.17) is 0 Å². The monoisotopic (exact) mass is 185 g/mol. The van der Waals surface area contributed by atoms with Crippen molar-refractivity contribution in [1.82, 2.24) is 16.0 Å². The summed E-state index contributed by atoms with van der Waals surface area (Å²) in [5.41, 5.74) is 0. The molecule has 0 saturated carbocycles. The molecule has 74 valence electrons. The van der Waals surface area contributed by atoms with Crippen LogP contribution in [0, 0.1) is 0 Å². The Morgan fingerprint density at radius 3 is 2.77 bits per heavy atom. The molecular weight excluding hydrogens is 170 g/mol. The SMILES string of the molecule is O=CCNC(=O)NC1CCNCC1. The summed E-state index contributed by atoms with van der Waals surface area (Å²) in [5, 5.41) is 8.45. The molecule has 1 rings (SSSR count). The third kappa shape index (κ3) is 3.89. The van der Waals surface area contributed by atoms with Gasteiger partial charge in [0.15, 0.2) is 0 Å². The zero-order valence-corrected chi connectivity index (χ0v) is 7.51. The maximum atomic E-state index is 11.1. The van der Waals surface area contributed by atoms with Crippen molar-refractivity contribution in [3.05, 3.63) is 0 Å². The molecule has 5 nitrogen and oxygen atoms in total. The third-order valence-corrected chi connectivity index (χ3v) is 2.02. The highest BCUT2D eigenvalue weighted by atomic mass is 16.2. The summed E-state index contributed by atoms with van der Waals surface area (Å²) in [6.07, 6.45) is 2.57. The fourth-order valence-corrected chi connectivity index (χ4v) is 1.34. The second kappa shape index (κ2) is 5.53. The normalized spacial score (nSPS) is 17.8. The Balaban J connectivity index is 2.14. The van der Waals surface area contributed by atoms with Gasteiger partial charge in [0.1, 0.15) is 6.29 Å². The van der Waals surface area contributed by atoms with E-state index in [1.165, 1.54) is 0 Å². The second-order valence-corrected chi connectivity index (χ2v) is 3.05. The average molecular weight is 185 g/mol. The van der Waals surface area contributed by atoms with E-state index < -0.39 is 0 Å². The number of rotatable bonds is 3. The lowest BCUT2D eigenvalue weighted by atomic mass is 10.1. The van der Waals surface area contributed by atoms with Crippen LogP contribution in [0.5, 0.6) is 0 Å². The minimum atomic E-state index is -0.251. The van der Waals surface area contributed by atoms with Crippen LogP contribution < -0.4 is 16.0 Å². The first-order valence-electron chi connectivity index (χ1n) is 4.51. The third-order valence-electron chi connectivity index (χ3n) is 2.02. The van der Waals surface area contributed by atoms with Crippen LogP contribution in [0.2, 0.25) is 0 Å². The van der Waals surface area contributed by atoms with Gasteiger partial charge in [0.05, 0.1) is 6.54 Å². The quantitative estimate of drug-likeness (QED) is 0.506. The smallest absolute Gasteiger partial charge is 0.315 e. The van der Waals surface area contributed by atoms with Crippen molar-refractivity contribution >= 4 is 12.3 Å². The Bertz CT molecular complexity index is 178. The Kier molecular flexibility index (Phi) is 4.25. The number of nitrogens with one attached hydrogen (secondary N) is 3. The summed E-state index contributed by atoms with van der Waals surface area (Å²) < 4.78 is 0. The largest absolute Gasteiger partial charge is 0.335 e. The molecule has 13 heavy (non-hydrogen) atoms. The molecule has 0 atom stereocenters. The van der Waals surface area contributed by atoms with Crippen LogP contribution in [-0.4, -0.2) is 38.0 Å². The number of hydrogen-bond acceptors (Lipinski definition) is 3. The number of amides is 2. The first-order chi connectivity index (χ1) is 6.33. The van der Waals surface area contributed by atoms with Gasteiger partial charge in [-0.2, -0.15) is 0 Å². The first kappa shape index (κ1) is 9.98. The van der Waals surface area contributed by atoms with Gasteiger partial charge in [-0.15, -0.1) is 0 Å². The number of aldehydes is 1. The van der Waals surface area contributed by atoms with Crippen molar-refractivity contribution in [3.63, 3.8) is 0 Å². The fourth-order valence-electron chi connectivity index (χ4n) is 1.34. The van der Waals surface area contributed by atoms with Crippen LogP contribution in [0.25, 0.3) is 0 Å². The summed E-state index contributed by atoms with van der Waals surface area (Å²) in [7, 11) is 0. The van der Waals surface area contributed by atoms with Crippen molar-refractivity contribution in [2.75, 3.05) is 19.6 Å². The molecule has 0 unspecified atom stereocenters. The molecule has 5 heteroatoms. The van der Waals surface area contributed by atoms with Gasteiger partial charge in [-0.25, -0.2) is 4.79 Å². The van der Waals surface area contributed by atoms with E-state index in [0.29, 0.717) is 6.29 Å². The lowest BCUT2D eigenvalue weighted by molar-refractivity contribution is -0.107. The van der Waals surface area contributed by atoms with Crippen LogP contribution in [0.1, 0.15) is 12.8 Å². The maximum Gasteiger partial charge on any atom is 0.315 e. The number of piperidine rings is 1. The zero-order valence-electron chi connectivity index (χ0n) is 7.51. The molecule has 0 radical (unpaired) electrons. The summed E-state index contributed by atoms with van der Waals surface area (Å²) in [6, 6.07) is -0.00750. The molecule has 0 aromatic carbocycles. The molecular formula is C8H15N3O2. The predicted octanol–water partition coefficient (Wildman–Crippen LogP) is -0.763. The Labute approximate surface area is 77.3 Å². The van der Waals surface area contributed by atoms with Gasteiger partial charge in [-0.1, -0.05) is 0 Å². The minimum Gasteiger partial charge on any atom is -0.335 e. The fraction of sp³-hybridized carbons (Fsp3) is 0.750. The molecule has 0 bridgehead atoms. The van der Waals surface area contributed by atoms with Crippen molar-refractivity contribution < 1.29 is 9.59 Å². The Morgan fingerprint density at radius 1 is 1.46 bits per heavy atom. The molecule has 3 N–H and O–H groups in total. The highest BCUT2D eigenvalue weighted by Gasteiger charge is 2.14. The number of hydrogen-bond donors (Lipinski definition) is 3. The van der Waals surface area contributed by atoms with Gasteiger partial charge < -0.3 is 20.7 Å². The molecule has 1 saturated heterocycles. The predicted molar refractivity (Wildman–Crippen MR) is 48.5 cm³/mol. The zero-order chi connectivity index (χ0) is 9.52. The van der Waals surface area contributed by atoms with E-state index in [-0.39, 0.29) is 18.6 Å². The minimum absolute atomic E-state index is 0.0802. The highest BCUT2D eigenvalue weighted by molar-refractivity contribution is 5.76. The topological polar surface area (TPSA) is 70.2 Å². The lowest BCUT2D eigenvalue weighted by Gasteiger charge is -2.23. The summed E-state index contributed by atoms with van der Waals surface area (Å²) in [4.78, 5) is 21.0. The summed E-state index contributed by atoms with van der Waals surface area (Å²) in [6.45, 7) is 1.97. The van der Waals surface area contributed by atoms with E-state index >= 15 is 0 Å². The second-order valence-electron chi connectivity index (χ2n) is 3.05. The molecule has 0 aromatic heterocycles. The lowest BCUT2D eigenvalue weighted by Crippen LogP contribution is -2.47. The highest BCUT2D eigenvalue weighted by Crippen LogP contribution is 2.00. The number of urea groups is 1. The van der Waals surface area contributed by atoms with E-state index in [0.717, 1.165) is 25.9 Å². The standard InChI is InChI=1S/C8H15N3O2/c12-6-5-10-8(13)11-7-1-3-9-4-2-7/h6-7,9H,1-5H2,(H2,10,11,13). The Hall–Kier alpha value is -1.10. The molecule has 0 aliphatic carbocycles. The van der Waals surface area contributed by atoms with E-state index in [2.05, 4.69) is 16.0 Å². The van der Waals surface area contributed by atoms with Crippen LogP contribution in [0.15, 0.2) is 0 Å². The van der Waals surface area contributed by atoms with Crippen molar-refractivity contribution in [1.29, 1.82) is 0 Å². The van der Waals surface area contributed by atoms with Gasteiger partial charge in [0, 0.05) is 6.04 Å². The van der Waals surface area contributed by atoms with Crippen molar-refractivity contribution in [2.45, 2.75) is 18.9 Å². The van der Waals surface area contributed by atoms with Gasteiger partial charge in [0.25, 0.3) is 0 Å². The van der Waals surface area contributed by atoms with Gasteiger partial charge in [0.2, 0.25) is 0 Å². The van der Waals surface area contributed by atoms with E-state index in [1.807, 2.05) is 0 Å². The van der Waals surface area contributed by atoms with E-state index in [1.54, 1.807) is 0 Å².